The van der Waals surface area contributed by atoms with Crippen molar-refractivity contribution in [3.8, 4) is 0 Å². The normalized spacial score (nSPS) is 46.2. The minimum absolute atomic E-state index is 0.00175. The standard InChI is InChI=1S/C78H120O37/c1-99-49-23-35(5-14-42(49)79)9-19-59(85)103-31-55-63(89)67(93)70(96)75(111-55)107-40-28-47(84)41-30-54(73(108-48(41)29-40)39-13-18-46(83)53(27-39)109-76-71(97)68(94)64(90)56(112-76)32-104-60(86)20-10-36-6-15-43(80)50(24-36)100-2)110-77-72(98)69(95)65(91)57(113-77)34-106-78-74(115-62(88)22-12-38-8-17-45(82)52(26-38)102-4)66(92)58(114-78)33-105-61(87)21-11-37-7-16-44(81)51(25-37)101-3/h9-12,19-22,35-58,63-84,89-98H,5-8,13-18,23-34H2,1-4H3/p+1/t35?,36?,37?,38?,39?,40?,41?,42?,43?,44?,45?,46?,47?,48?,49?,50?,51?,52?,53?,54?,55-,56+,57+,58-,63-,64+,65+,66-,67+,68-,69-,70-,71+,72+,73?,74+,75-,76+,77+,78+/m0/s1. The van der Waals surface area contributed by atoms with Gasteiger partial charge in [0.25, 0.3) is 0 Å². The second-order valence-corrected chi connectivity index (χ2v) is 32.7. The highest BCUT2D eigenvalue weighted by molar-refractivity contribution is 5.83. The molecule has 0 aromatic rings. The molecule has 0 aromatic carbocycles. The van der Waals surface area contributed by atoms with Crippen LogP contribution in [0.25, 0.3) is 0 Å². The van der Waals surface area contributed by atoms with E-state index < -0.39 is 270 Å². The van der Waals surface area contributed by atoms with Crippen LogP contribution >= 0.6 is 0 Å². The number of methoxy groups -OCH3 is 4. The Labute approximate surface area is 665 Å². The van der Waals surface area contributed by atoms with Crippen LogP contribution in [0.4, 0.5) is 0 Å². The predicted molar refractivity (Wildman–Crippen MR) is 388 cm³/mol. The summed E-state index contributed by atoms with van der Waals surface area (Å²) in [5.41, 5.74) is 0. The Kier molecular flexibility index (Phi) is 33.8. The molecule has 17 N–H and O–H groups in total. The molecule has 21 unspecified atom stereocenters. The van der Waals surface area contributed by atoms with Crippen molar-refractivity contribution in [2.75, 3.05) is 54.9 Å². The summed E-state index contributed by atoms with van der Waals surface area (Å²) in [5.74, 6) is -5.39. The van der Waals surface area contributed by atoms with Crippen LogP contribution in [0.5, 0.6) is 0 Å². The molecule has 0 spiro atoms. The molecule has 37 nitrogen and oxygen atoms in total. The Bertz CT molecular complexity index is 3180. The summed E-state index contributed by atoms with van der Waals surface area (Å²) in [4.78, 5) is 52.8. The number of allylic oxidation sites excluding steroid dienone is 4. The van der Waals surface area contributed by atoms with Crippen LogP contribution in [0.2, 0.25) is 0 Å². The van der Waals surface area contributed by atoms with Crippen LogP contribution in [0.3, 0.4) is 0 Å². The van der Waals surface area contributed by atoms with Crippen LogP contribution in [-0.2, 0) is 95.0 Å². The van der Waals surface area contributed by atoms with E-state index in [0.29, 0.717) is 77.0 Å². The van der Waals surface area contributed by atoms with E-state index in [1.54, 1.807) is 24.3 Å². The Morgan fingerprint density at radius 3 is 1.11 bits per heavy atom. The smallest absolute Gasteiger partial charge is 0.330 e. The highest BCUT2D eigenvalue weighted by atomic mass is 16.8. The molecule has 5 heterocycles. The van der Waals surface area contributed by atoms with Gasteiger partial charge in [-0.2, -0.15) is 0 Å². The second-order valence-electron chi connectivity index (χ2n) is 32.7. The van der Waals surface area contributed by atoms with Gasteiger partial charge in [0.15, 0.2) is 43.5 Å². The lowest BCUT2D eigenvalue weighted by molar-refractivity contribution is -0.366. The van der Waals surface area contributed by atoms with Gasteiger partial charge in [-0.1, -0.05) is 24.3 Å². The molecule has 0 bridgehead atoms. The van der Waals surface area contributed by atoms with Gasteiger partial charge in [0.1, 0.15) is 111 Å². The summed E-state index contributed by atoms with van der Waals surface area (Å²) >= 11 is 0. The van der Waals surface area contributed by atoms with Gasteiger partial charge < -0.3 is 162 Å². The van der Waals surface area contributed by atoms with Crippen molar-refractivity contribution in [2.45, 2.75) is 324 Å². The Morgan fingerprint density at radius 2 is 0.696 bits per heavy atom. The van der Waals surface area contributed by atoms with E-state index in [0.717, 1.165) is 6.08 Å². The largest absolute Gasteiger partial charge is 0.460 e. The van der Waals surface area contributed by atoms with Crippen molar-refractivity contribution < 1.29 is 181 Å². The fourth-order valence-electron chi connectivity index (χ4n) is 18.0. The number of ether oxygens (including phenoxy) is 17. The fraction of sp³-hybridized carbons (Fsp3) is 0.846. The van der Waals surface area contributed by atoms with E-state index in [-0.39, 0.29) is 62.2 Å². The van der Waals surface area contributed by atoms with Crippen molar-refractivity contribution in [1.82, 2.24) is 0 Å². The molecular weight excluding hydrogens is 1530 g/mol. The first-order valence-corrected chi connectivity index (χ1v) is 40.4. The van der Waals surface area contributed by atoms with Gasteiger partial charge in [-0.25, -0.2) is 19.2 Å². The fourth-order valence-corrected chi connectivity index (χ4v) is 18.0. The SMILES string of the molecule is COC1CC(C=CC(=O)OC[C@@H]2O[C@H](OC3CC(O)C4CC(O[C@@H]5O[C@H](CO[C@@H]6O[C@@H](COC(=O)C=CC7CCC(O)C(OC)C7)[C@H](O)[C@H]6OC(=O)C=CC6CCC(O)C(OC)C6)[C@@H](O)[C@H](O)[C@H]5O)C(C5CCC(O)C(O[C@@H]6O[C@H](COC(=O)C=CC7CCC(O)C(OC)C7)[C@@H](O)[C@H](O)[C@H]6O)C5)[OH+]C4C3)[C@@H](O)[C@H](O)[C@H]2O)CCC1O. The van der Waals surface area contributed by atoms with Crippen LogP contribution in [0, 0.1) is 35.5 Å². The Balaban J connectivity index is 0.786. The average molecular weight is 1650 g/mol. The number of hydrogen-bond acceptors (Lipinski definition) is 36. The van der Waals surface area contributed by atoms with Crippen molar-refractivity contribution in [1.29, 1.82) is 0 Å². The summed E-state index contributed by atoms with van der Waals surface area (Å²) in [6.07, 6.45) is -28.6. The van der Waals surface area contributed by atoms with Gasteiger partial charge in [0.05, 0.1) is 85.8 Å². The molecule has 5 saturated heterocycles. The summed E-state index contributed by atoms with van der Waals surface area (Å²) in [6, 6.07) is 0. The second kappa shape index (κ2) is 42.5. The van der Waals surface area contributed by atoms with Crippen LogP contribution in [0.1, 0.15) is 116 Å². The van der Waals surface area contributed by atoms with Crippen molar-refractivity contribution in [3.05, 3.63) is 48.6 Å². The Hall–Kier alpha value is -4.32. The Morgan fingerprint density at radius 1 is 0.339 bits per heavy atom. The van der Waals surface area contributed by atoms with E-state index >= 15 is 0 Å². The lowest BCUT2D eigenvalue weighted by atomic mass is 9.72. The van der Waals surface area contributed by atoms with E-state index in [1.165, 1.54) is 46.7 Å². The highest BCUT2D eigenvalue weighted by Crippen LogP contribution is 2.45. The molecule has 5 aliphatic heterocycles. The van der Waals surface area contributed by atoms with Gasteiger partial charge in [-0.3, -0.25) is 0 Å². The van der Waals surface area contributed by atoms with Crippen LogP contribution < -0.4 is 0 Å². The third-order valence-electron chi connectivity index (χ3n) is 25.0. The molecule has 11 aliphatic rings. The number of aliphatic hydroxyl groups is 18. The topological polar surface area (TPSA) is 552 Å². The number of aliphatic hydroxyl groups excluding tert-OH is 16. The summed E-state index contributed by atoms with van der Waals surface area (Å²) < 4.78 is 98.8. The molecule has 115 heavy (non-hydrogen) atoms. The number of carbonyl (C=O) groups excluding carboxylic acids is 4. The number of rotatable bonds is 29. The van der Waals surface area contributed by atoms with E-state index in [4.69, 9.17) is 80.5 Å². The van der Waals surface area contributed by atoms with Gasteiger partial charge in [0, 0.05) is 71.5 Å². The average Bonchev–Trinajstić information content (AvgIpc) is 0.971. The molecule has 0 amide bonds. The minimum Gasteiger partial charge on any atom is -0.460 e. The summed E-state index contributed by atoms with van der Waals surface area (Å²) in [6.45, 7) is -2.51. The third-order valence-corrected chi connectivity index (χ3v) is 25.0. The van der Waals surface area contributed by atoms with Crippen LogP contribution in [-0.4, -0.2) is 373 Å². The van der Waals surface area contributed by atoms with Gasteiger partial charge >= 0.3 is 23.9 Å². The number of fused-ring (bicyclic) bond motifs is 1. The van der Waals surface area contributed by atoms with Gasteiger partial charge in [0.2, 0.25) is 0 Å². The maximum Gasteiger partial charge on any atom is 0.330 e. The molecule has 6 saturated carbocycles. The first-order valence-electron chi connectivity index (χ1n) is 40.4. The zero-order valence-electron chi connectivity index (χ0n) is 65.0. The van der Waals surface area contributed by atoms with E-state index in [9.17, 15) is 101 Å². The quantitative estimate of drug-likeness (QED) is 0.0146. The highest BCUT2D eigenvalue weighted by Gasteiger charge is 2.58. The van der Waals surface area contributed by atoms with E-state index in [2.05, 4.69) is 0 Å². The molecule has 0 aromatic heterocycles. The van der Waals surface area contributed by atoms with Crippen molar-refractivity contribution in [2.24, 2.45) is 35.5 Å². The molecule has 40 atom stereocenters. The maximum atomic E-state index is 13.6. The third kappa shape index (κ3) is 23.5. The minimum atomic E-state index is -2.03. The molecule has 11 fully saturated rings. The lowest BCUT2D eigenvalue weighted by Gasteiger charge is -2.50. The van der Waals surface area contributed by atoms with Crippen molar-refractivity contribution in [3.63, 3.8) is 0 Å². The first kappa shape index (κ1) is 91.4. The predicted octanol–water partition coefficient (Wildman–Crippen LogP) is -4.26. The first-order chi connectivity index (χ1) is 55.0. The molecular formula is C78H121O37+. The molecule has 11 rings (SSSR count). The molecule has 37 heteroatoms. The zero-order valence-corrected chi connectivity index (χ0v) is 65.0. The maximum absolute atomic E-state index is 13.6. The molecule has 6 aliphatic carbocycles. The zero-order chi connectivity index (χ0) is 82.6. The monoisotopic (exact) mass is 1650 g/mol. The number of esters is 4. The number of hydrogen-bond donors (Lipinski definition) is 16. The summed E-state index contributed by atoms with van der Waals surface area (Å²) in [5, 5.41) is 179. The lowest BCUT2D eigenvalue weighted by Crippen LogP contribution is -2.64. The molecule has 0 radical (unpaired) electrons. The van der Waals surface area contributed by atoms with Gasteiger partial charge in [-0.05, 0) is 126 Å². The van der Waals surface area contributed by atoms with Gasteiger partial charge in [-0.15, -0.1) is 0 Å². The van der Waals surface area contributed by atoms with E-state index in [1.807, 2.05) is 0 Å². The van der Waals surface area contributed by atoms with Crippen LogP contribution in [0.15, 0.2) is 48.6 Å². The summed E-state index contributed by atoms with van der Waals surface area (Å²) in [7, 11) is 5.91. The number of carbonyl (C=O) groups is 4. The molecule has 654 valence electrons. The van der Waals surface area contributed by atoms with Crippen molar-refractivity contribution >= 4 is 23.9 Å².